The summed E-state index contributed by atoms with van der Waals surface area (Å²) in [5.74, 6) is -0.409. The standard InChI is InChI=1S/C27H36N2O2/c30-26(23-12-5-3-6-13-23)25-22-29(20-11-19-28-17-9-1-2-10-18-28)21-16-27(25,31)24-14-7-4-8-15-24/h3-8,12-15,25,31H,1-2,9-11,16-22H2. The molecule has 0 aliphatic carbocycles. The average Bonchev–Trinajstić information content (AvgIpc) is 3.10. The Morgan fingerprint density at radius 1 is 0.839 bits per heavy atom. The molecule has 2 saturated heterocycles. The molecule has 2 fully saturated rings. The maximum absolute atomic E-state index is 13.5. The maximum Gasteiger partial charge on any atom is 0.170 e. The van der Waals surface area contributed by atoms with Crippen molar-refractivity contribution in [2.75, 3.05) is 39.3 Å². The van der Waals surface area contributed by atoms with Crippen molar-refractivity contribution < 1.29 is 9.90 Å². The van der Waals surface area contributed by atoms with E-state index in [-0.39, 0.29) is 5.78 Å². The van der Waals surface area contributed by atoms with Gasteiger partial charge in [-0.25, -0.2) is 0 Å². The number of aliphatic hydroxyl groups is 1. The number of nitrogens with zero attached hydrogens (tertiary/aromatic N) is 2. The first-order valence-electron chi connectivity index (χ1n) is 12.0. The van der Waals surface area contributed by atoms with Crippen molar-refractivity contribution in [3.63, 3.8) is 0 Å². The first-order valence-corrected chi connectivity index (χ1v) is 12.0. The molecule has 0 bridgehead atoms. The lowest BCUT2D eigenvalue weighted by Gasteiger charge is -2.44. The summed E-state index contributed by atoms with van der Waals surface area (Å²) in [6, 6.07) is 19.2. The van der Waals surface area contributed by atoms with E-state index >= 15 is 0 Å². The number of benzene rings is 2. The van der Waals surface area contributed by atoms with Crippen molar-refractivity contribution in [3.05, 3.63) is 71.8 Å². The Labute approximate surface area is 186 Å². The predicted octanol–water partition coefficient (Wildman–Crippen LogP) is 4.35. The molecule has 31 heavy (non-hydrogen) atoms. The molecule has 2 aliphatic rings. The molecule has 2 unspecified atom stereocenters. The SMILES string of the molecule is O=C(c1ccccc1)C1CN(CCCN2CCCCCC2)CCC1(O)c1ccccc1. The molecule has 166 valence electrons. The fourth-order valence-corrected chi connectivity index (χ4v) is 5.26. The van der Waals surface area contributed by atoms with Gasteiger partial charge in [0.15, 0.2) is 5.78 Å². The van der Waals surface area contributed by atoms with Crippen LogP contribution in [0.25, 0.3) is 0 Å². The Balaban J connectivity index is 1.45. The van der Waals surface area contributed by atoms with Crippen LogP contribution < -0.4 is 0 Å². The normalized spacial score (nSPS) is 25.8. The highest BCUT2D eigenvalue weighted by Gasteiger charge is 2.46. The first-order chi connectivity index (χ1) is 15.2. The number of hydrogen-bond donors (Lipinski definition) is 1. The van der Waals surface area contributed by atoms with Crippen LogP contribution in [0.15, 0.2) is 60.7 Å². The van der Waals surface area contributed by atoms with Crippen LogP contribution >= 0.6 is 0 Å². The molecule has 4 rings (SSSR count). The Morgan fingerprint density at radius 3 is 2.13 bits per heavy atom. The van der Waals surface area contributed by atoms with Gasteiger partial charge in [0.05, 0.1) is 5.92 Å². The van der Waals surface area contributed by atoms with Crippen LogP contribution in [0.4, 0.5) is 0 Å². The van der Waals surface area contributed by atoms with Gasteiger partial charge in [-0.15, -0.1) is 0 Å². The van der Waals surface area contributed by atoms with Crippen LogP contribution in [0.3, 0.4) is 0 Å². The lowest BCUT2D eigenvalue weighted by molar-refractivity contribution is -0.0645. The minimum Gasteiger partial charge on any atom is -0.384 e. The van der Waals surface area contributed by atoms with Gasteiger partial charge in [-0.05, 0) is 57.4 Å². The van der Waals surface area contributed by atoms with Crippen molar-refractivity contribution in [2.24, 2.45) is 5.92 Å². The van der Waals surface area contributed by atoms with Gasteiger partial charge in [0.1, 0.15) is 5.60 Å². The summed E-state index contributed by atoms with van der Waals surface area (Å²) < 4.78 is 0. The highest BCUT2D eigenvalue weighted by molar-refractivity contribution is 5.99. The molecule has 4 heteroatoms. The number of likely N-dealkylation sites (tertiary alicyclic amines) is 2. The number of ketones is 1. The minimum absolute atomic E-state index is 0.0455. The van der Waals surface area contributed by atoms with E-state index in [1.807, 2.05) is 60.7 Å². The van der Waals surface area contributed by atoms with Crippen molar-refractivity contribution in [2.45, 2.75) is 44.1 Å². The fourth-order valence-electron chi connectivity index (χ4n) is 5.26. The molecule has 0 saturated carbocycles. The second-order valence-electron chi connectivity index (χ2n) is 9.23. The number of carbonyl (C=O) groups excluding carboxylic acids is 1. The minimum atomic E-state index is -1.12. The average molecular weight is 421 g/mol. The molecule has 2 aromatic carbocycles. The largest absolute Gasteiger partial charge is 0.384 e. The van der Waals surface area contributed by atoms with Crippen LogP contribution in [0.5, 0.6) is 0 Å². The molecule has 0 radical (unpaired) electrons. The van der Waals surface area contributed by atoms with Crippen LogP contribution in [0, 0.1) is 5.92 Å². The molecule has 0 spiro atoms. The van der Waals surface area contributed by atoms with Gasteiger partial charge >= 0.3 is 0 Å². The summed E-state index contributed by atoms with van der Waals surface area (Å²) in [7, 11) is 0. The Hall–Kier alpha value is -2.01. The zero-order chi connectivity index (χ0) is 21.5. The van der Waals surface area contributed by atoms with E-state index in [9.17, 15) is 9.90 Å². The van der Waals surface area contributed by atoms with E-state index < -0.39 is 11.5 Å². The highest BCUT2D eigenvalue weighted by Crippen LogP contribution is 2.39. The van der Waals surface area contributed by atoms with Gasteiger partial charge in [0.25, 0.3) is 0 Å². The Kier molecular flexibility index (Phi) is 7.54. The van der Waals surface area contributed by atoms with Crippen molar-refractivity contribution in [1.29, 1.82) is 0 Å². The summed E-state index contributed by atoms with van der Waals surface area (Å²) in [4.78, 5) is 18.5. The van der Waals surface area contributed by atoms with Crippen LogP contribution in [-0.2, 0) is 5.60 Å². The molecular weight excluding hydrogens is 384 g/mol. The third-order valence-electron chi connectivity index (χ3n) is 7.12. The summed E-state index contributed by atoms with van der Waals surface area (Å²) in [6.07, 6.45) is 7.08. The summed E-state index contributed by atoms with van der Waals surface area (Å²) >= 11 is 0. The summed E-state index contributed by atoms with van der Waals surface area (Å²) in [5.41, 5.74) is 0.428. The number of rotatable bonds is 7. The van der Waals surface area contributed by atoms with Crippen molar-refractivity contribution in [3.8, 4) is 0 Å². The third-order valence-corrected chi connectivity index (χ3v) is 7.12. The highest BCUT2D eigenvalue weighted by atomic mass is 16.3. The Bertz CT molecular complexity index is 818. The van der Waals surface area contributed by atoms with E-state index in [1.165, 1.54) is 38.8 Å². The van der Waals surface area contributed by atoms with E-state index in [0.717, 1.165) is 31.6 Å². The third kappa shape index (κ3) is 5.43. The molecule has 2 atom stereocenters. The first kappa shape index (κ1) is 22.2. The van der Waals surface area contributed by atoms with Gasteiger partial charge in [0, 0.05) is 18.7 Å². The molecule has 0 aromatic heterocycles. The van der Waals surface area contributed by atoms with Gasteiger partial charge in [-0.3, -0.25) is 4.79 Å². The molecule has 1 N–H and O–H groups in total. The van der Waals surface area contributed by atoms with Crippen LogP contribution in [0.1, 0.15) is 54.4 Å². The lowest BCUT2D eigenvalue weighted by atomic mass is 9.72. The summed E-state index contributed by atoms with van der Waals surface area (Å²) in [5, 5.41) is 11.8. The van der Waals surface area contributed by atoms with Crippen LogP contribution in [-0.4, -0.2) is 60.0 Å². The van der Waals surface area contributed by atoms with Gasteiger partial charge in [-0.1, -0.05) is 73.5 Å². The quantitative estimate of drug-likeness (QED) is 0.677. The number of hydrogen-bond acceptors (Lipinski definition) is 4. The second kappa shape index (κ2) is 10.5. The smallest absolute Gasteiger partial charge is 0.170 e. The molecule has 2 aliphatic heterocycles. The molecule has 2 heterocycles. The number of carbonyl (C=O) groups is 1. The van der Waals surface area contributed by atoms with Crippen LogP contribution in [0.2, 0.25) is 0 Å². The number of piperidine rings is 1. The Morgan fingerprint density at radius 2 is 1.45 bits per heavy atom. The fraction of sp³-hybridized carbons (Fsp3) is 0.519. The maximum atomic E-state index is 13.5. The van der Waals surface area contributed by atoms with E-state index in [1.54, 1.807) is 0 Å². The van der Waals surface area contributed by atoms with E-state index in [2.05, 4.69) is 9.80 Å². The van der Waals surface area contributed by atoms with Crippen molar-refractivity contribution >= 4 is 5.78 Å². The van der Waals surface area contributed by atoms with E-state index in [0.29, 0.717) is 18.5 Å². The van der Waals surface area contributed by atoms with Gasteiger partial charge in [-0.2, -0.15) is 0 Å². The topological polar surface area (TPSA) is 43.8 Å². The summed E-state index contributed by atoms with van der Waals surface area (Å²) in [6.45, 7) is 6.01. The second-order valence-corrected chi connectivity index (χ2v) is 9.23. The predicted molar refractivity (Wildman–Crippen MR) is 125 cm³/mol. The van der Waals surface area contributed by atoms with Gasteiger partial charge < -0.3 is 14.9 Å². The number of Topliss-reactive ketones (excluding diaryl/α,β-unsaturated/α-hetero) is 1. The molecular formula is C27H36N2O2. The van der Waals surface area contributed by atoms with E-state index in [4.69, 9.17) is 0 Å². The zero-order valence-electron chi connectivity index (χ0n) is 18.6. The van der Waals surface area contributed by atoms with Crippen molar-refractivity contribution in [1.82, 2.24) is 9.80 Å². The van der Waals surface area contributed by atoms with Gasteiger partial charge in [0.2, 0.25) is 0 Å². The molecule has 2 aromatic rings. The monoisotopic (exact) mass is 420 g/mol. The molecule has 4 nitrogen and oxygen atoms in total. The lowest BCUT2D eigenvalue weighted by Crippen LogP contribution is -2.53. The molecule has 0 amide bonds. The zero-order valence-corrected chi connectivity index (χ0v) is 18.6.